The number of ether oxygens (including phenoxy) is 1. The maximum absolute atomic E-state index is 12.1. The highest BCUT2D eigenvalue weighted by Gasteiger charge is 2.13. The molecule has 0 N–H and O–H groups in total. The van der Waals surface area contributed by atoms with Gasteiger partial charge in [-0.25, -0.2) is 0 Å². The highest BCUT2D eigenvalue weighted by molar-refractivity contribution is 7.18. The van der Waals surface area contributed by atoms with Gasteiger partial charge in [-0.05, 0) is 30.7 Å². The van der Waals surface area contributed by atoms with Crippen molar-refractivity contribution in [2.75, 3.05) is 7.11 Å². The third-order valence-electron chi connectivity index (χ3n) is 2.47. The van der Waals surface area contributed by atoms with E-state index in [0.29, 0.717) is 14.8 Å². The minimum Gasteiger partial charge on any atom is -0.496 e. The molecule has 0 unspecified atom stereocenters. The number of methoxy groups -OCH3 is 1. The molecule has 0 aliphatic rings. The van der Waals surface area contributed by atoms with Crippen LogP contribution in [0.15, 0.2) is 30.3 Å². The molecule has 2 rings (SSSR count). The van der Waals surface area contributed by atoms with Crippen molar-refractivity contribution >= 4 is 28.7 Å². The Balaban J connectivity index is 2.37. The minimum atomic E-state index is -0.0276. The average molecular weight is 267 g/mol. The van der Waals surface area contributed by atoms with Crippen molar-refractivity contribution < 1.29 is 9.53 Å². The van der Waals surface area contributed by atoms with E-state index in [1.807, 2.05) is 13.0 Å². The maximum atomic E-state index is 12.1. The molecule has 0 spiro atoms. The highest BCUT2D eigenvalue weighted by atomic mass is 35.5. The number of carbonyl (C=O) groups excluding carboxylic acids is 1. The topological polar surface area (TPSA) is 26.3 Å². The second kappa shape index (κ2) is 4.90. The van der Waals surface area contributed by atoms with Crippen LogP contribution in [0.25, 0.3) is 0 Å². The first kappa shape index (κ1) is 12.1. The van der Waals surface area contributed by atoms with Crippen LogP contribution in [-0.2, 0) is 0 Å². The van der Waals surface area contributed by atoms with Gasteiger partial charge in [-0.2, -0.15) is 0 Å². The molecule has 0 fully saturated rings. The minimum absolute atomic E-state index is 0.0276. The van der Waals surface area contributed by atoms with Crippen molar-refractivity contribution in [3.63, 3.8) is 0 Å². The normalized spacial score (nSPS) is 10.3. The summed E-state index contributed by atoms with van der Waals surface area (Å²) in [6, 6.07) is 8.90. The molecule has 4 heteroatoms. The molecule has 88 valence electrons. The van der Waals surface area contributed by atoms with Gasteiger partial charge >= 0.3 is 0 Å². The smallest absolute Gasteiger partial charge is 0.203 e. The van der Waals surface area contributed by atoms with Crippen molar-refractivity contribution in [1.82, 2.24) is 0 Å². The Hall–Kier alpha value is -1.32. The third-order valence-corrected chi connectivity index (χ3v) is 3.70. The zero-order chi connectivity index (χ0) is 12.4. The van der Waals surface area contributed by atoms with E-state index < -0.39 is 0 Å². The molecular weight excluding hydrogens is 256 g/mol. The lowest BCUT2D eigenvalue weighted by Crippen LogP contribution is -1.99. The van der Waals surface area contributed by atoms with Gasteiger partial charge in [-0.3, -0.25) is 4.79 Å². The molecule has 1 heterocycles. The summed E-state index contributed by atoms with van der Waals surface area (Å²) in [6.45, 7) is 1.94. The molecule has 2 nitrogen and oxygen atoms in total. The standard InChI is InChI=1S/C13H11ClO2S/c1-8-3-4-9(7-10(8)16-2)13(15)11-5-6-12(14)17-11/h3-7H,1-2H3. The van der Waals surface area contributed by atoms with Crippen LogP contribution in [-0.4, -0.2) is 12.9 Å². The van der Waals surface area contributed by atoms with Crippen LogP contribution in [0.2, 0.25) is 4.34 Å². The Morgan fingerprint density at radius 3 is 2.65 bits per heavy atom. The molecule has 0 amide bonds. The van der Waals surface area contributed by atoms with E-state index in [9.17, 15) is 4.79 Å². The molecule has 0 saturated carbocycles. The quantitative estimate of drug-likeness (QED) is 0.787. The second-order valence-corrected chi connectivity index (χ2v) is 5.33. The monoisotopic (exact) mass is 266 g/mol. The maximum Gasteiger partial charge on any atom is 0.203 e. The fourth-order valence-electron chi connectivity index (χ4n) is 1.54. The Morgan fingerprint density at radius 2 is 2.06 bits per heavy atom. The van der Waals surface area contributed by atoms with Gasteiger partial charge in [0.15, 0.2) is 0 Å². The lowest BCUT2D eigenvalue weighted by Gasteiger charge is -2.06. The highest BCUT2D eigenvalue weighted by Crippen LogP contribution is 2.26. The van der Waals surface area contributed by atoms with Gasteiger partial charge < -0.3 is 4.74 Å². The molecular formula is C13H11ClO2S. The van der Waals surface area contributed by atoms with Crippen molar-refractivity contribution in [2.24, 2.45) is 0 Å². The summed E-state index contributed by atoms with van der Waals surface area (Å²) in [5.41, 5.74) is 1.62. The molecule has 0 bridgehead atoms. The lowest BCUT2D eigenvalue weighted by atomic mass is 10.1. The van der Waals surface area contributed by atoms with Crippen LogP contribution in [0.1, 0.15) is 20.8 Å². The fraction of sp³-hybridized carbons (Fsp3) is 0.154. The SMILES string of the molecule is COc1cc(C(=O)c2ccc(Cl)s2)ccc1C. The summed E-state index contributed by atoms with van der Waals surface area (Å²) < 4.78 is 5.82. The van der Waals surface area contributed by atoms with Gasteiger partial charge in [0.2, 0.25) is 5.78 Å². The molecule has 0 radical (unpaired) electrons. The first-order chi connectivity index (χ1) is 8.11. The van der Waals surface area contributed by atoms with E-state index in [4.69, 9.17) is 16.3 Å². The Kier molecular flexibility index (Phi) is 3.50. The van der Waals surface area contributed by atoms with E-state index in [-0.39, 0.29) is 5.78 Å². The van der Waals surface area contributed by atoms with Crippen molar-refractivity contribution in [1.29, 1.82) is 0 Å². The van der Waals surface area contributed by atoms with Gasteiger partial charge in [0.25, 0.3) is 0 Å². The average Bonchev–Trinajstić information content (AvgIpc) is 2.75. The fourth-order valence-corrected chi connectivity index (χ4v) is 2.54. The molecule has 1 aromatic carbocycles. The van der Waals surface area contributed by atoms with E-state index in [1.54, 1.807) is 31.4 Å². The molecule has 1 aromatic heterocycles. The van der Waals surface area contributed by atoms with Crippen LogP contribution < -0.4 is 4.74 Å². The number of carbonyl (C=O) groups is 1. The zero-order valence-electron chi connectivity index (χ0n) is 9.49. The molecule has 0 aliphatic heterocycles. The van der Waals surface area contributed by atoms with Gasteiger partial charge in [-0.1, -0.05) is 23.7 Å². The zero-order valence-corrected chi connectivity index (χ0v) is 11.1. The number of aryl methyl sites for hydroxylation is 1. The van der Waals surface area contributed by atoms with E-state index >= 15 is 0 Å². The molecule has 0 atom stereocenters. The van der Waals surface area contributed by atoms with Crippen molar-refractivity contribution in [2.45, 2.75) is 6.92 Å². The summed E-state index contributed by atoms with van der Waals surface area (Å²) in [4.78, 5) is 12.8. The summed E-state index contributed by atoms with van der Waals surface area (Å²) in [5.74, 6) is 0.693. The molecule has 2 aromatic rings. The third kappa shape index (κ3) is 2.51. The van der Waals surface area contributed by atoms with E-state index in [2.05, 4.69) is 0 Å². The molecule has 0 saturated heterocycles. The van der Waals surface area contributed by atoms with Crippen LogP contribution in [0.4, 0.5) is 0 Å². The summed E-state index contributed by atoms with van der Waals surface area (Å²) in [5, 5.41) is 0. The predicted octanol–water partition coefficient (Wildman–Crippen LogP) is 3.95. The second-order valence-electron chi connectivity index (χ2n) is 3.62. The Labute approximate surface area is 109 Å². The first-order valence-corrected chi connectivity index (χ1v) is 6.26. The van der Waals surface area contributed by atoms with Crippen LogP contribution in [0.3, 0.4) is 0 Å². The summed E-state index contributed by atoms with van der Waals surface area (Å²) in [7, 11) is 1.60. The van der Waals surface area contributed by atoms with E-state index in [0.717, 1.165) is 11.3 Å². The van der Waals surface area contributed by atoms with Gasteiger partial charge in [-0.15, -0.1) is 11.3 Å². The number of ketones is 1. The van der Waals surface area contributed by atoms with Gasteiger partial charge in [0.05, 0.1) is 16.3 Å². The molecule has 0 aliphatic carbocycles. The van der Waals surface area contributed by atoms with Crippen molar-refractivity contribution in [3.8, 4) is 5.75 Å². The largest absolute Gasteiger partial charge is 0.496 e. The Bertz CT molecular complexity index is 560. The van der Waals surface area contributed by atoms with E-state index in [1.165, 1.54) is 11.3 Å². The van der Waals surface area contributed by atoms with Gasteiger partial charge in [0.1, 0.15) is 5.75 Å². The predicted molar refractivity (Wildman–Crippen MR) is 70.5 cm³/mol. The van der Waals surface area contributed by atoms with Gasteiger partial charge in [0, 0.05) is 5.56 Å². The van der Waals surface area contributed by atoms with Crippen molar-refractivity contribution in [3.05, 3.63) is 50.7 Å². The number of halogens is 1. The number of thiophene rings is 1. The number of hydrogen-bond donors (Lipinski definition) is 0. The lowest BCUT2D eigenvalue weighted by molar-refractivity contribution is 0.104. The number of rotatable bonds is 3. The molecule has 17 heavy (non-hydrogen) atoms. The van der Waals surface area contributed by atoms with Crippen LogP contribution in [0, 0.1) is 6.92 Å². The van der Waals surface area contributed by atoms with Crippen LogP contribution >= 0.6 is 22.9 Å². The first-order valence-electron chi connectivity index (χ1n) is 5.06. The Morgan fingerprint density at radius 1 is 1.29 bits per heavy atom. The summed E-state index contributed by atoms with van der Waals surface area (Å²) in [6.07, 6.45) is 0. The number of hydrogen-bond acceptors (Lipinski definition) is 3. The van der Waals surface area contributed by atoms with Crippen LogP contribution in [0.5, 0.6) is 5.75 Å². The number of benzene rings is 1. The summed E-state index contributed by atoms with van der Waals surface area (Å²) >= 11 is 7.10.